The number of hydrogen-bond acceptors (Lipinski definition) is 10. The summed E-state index contributed by atoms with van der Waals surface area (Å²) in [5.41, 5.74) is -1.49. The van der Waals surface area contributed by atoms with Crippen molar-refractivity contribution in [3.05, 3.63) is 0 Å². The second-order valence-electron chi connectivity index (χ2n) is 7.25. The molecule has 2 saturated heterocycles. The summed E-state index contributed by atoms with van der Waals surface area (Å²) < 4.78 is 45.2. The number of Topliss-reactive ketones (excluding diaryl/α,β-unsaturated/α-hetero) is 1. The van der Waals surface area contributed by atoms with Gasteiger partial charge in [-0.05, 0) is 0 Å². The van der Waals surface area contributed by atoms with E-state index >= 15 is 0 Å². The zero-order chi connectivity index (χ0) is 22.7. The molecular weight excluding hydrogens is 414 g/mol. The fourth-order valence-electron chi connectivity index (χ4n) is 3.72. The summed E-state index contributed by atoms with van der Waals surface area (Å²) in [6.07, 6.45) is -3.14. The Morgan fingerprint density at radius 3 is 2.00 bits per heavy atom. The average molecular weight is 449 g/mol. The van der Waals surface area contributed by atoms with E-state index in [2.05, 4.69) is 5.32 Å². The number of ether oxygens (including phenoxy) is 8. The van der Waals surface area contributed by atoms with E-state index in [0.29, 0.717) is 19.8 Å². The lowest BCUT2D eigenvalue weighted by Gasteiger charge is -2.51. The molecule has 31 heavy (non-hydrogen) atoms. The molecule has 11 nitrogen and oxygen atoms in total. The van der Waals surface area contributed by atoms with Gasteiger partial charge in [-0.3, -0.25) is 9.59 Å². The smallest absolute Gasteiger partial charge is 0.220 e. The van der Waals surface area contributed by atoms with Crippen LogP contribution in [0.3, 0.4) is 0 Å². The Morgan fingerprint density at radius 2 is 1.42 bits per heavy atom. The lowest BCUT2D eigenvalue weighted by atomic mass is 9.81. The molecule has 0 aromatic rings. The van der Waals surface area contributed by atoms with Gasteiger partial charge < -0.3 is 43.2 Å². The summed E-state index contributed by atoms with van der Waals surface area (Å²) >= 11 is 0. The van der Waals surface area contributed by atoms with Gasteiger partial charge in [0.05, 0.1) is 46.2 Å². The van der Waals surface area contributed by atoms with Crippen molar-refractivity contribution >= 4 is 11.7 Å². The predicted molar refractivity (Wildman–Crippen MR) is 107 cm³/mol. The zero-order valence-corrected chi connectivity index (χ0v) is 18.8. The summed E-state index contributed by atoms with van der Waals surface area (Å²) in [4.78, 5) is 25.3. The van der Waals surface area contributed by atoms with E-state index in [9.17, 15) is 9.59 Å². The second-order valence-corrected chi connectivity index (χ2v) is 7.25. The Hall–Kier alpha value is -1.18. The number of ketones is 1. The fourth-order valence-corrected chi connectivity index (χ4v) is 3.72. The highest BCUT2D eigenvalue weighted by Gasteiger charge is 2.61. The minimum absolute atomic E-state index is 0.0202. The van der Waals surface area contributed by atoms with Gasteiger partial charge in [0.15, 0.2) is 17.7 Å². The van der Waals surface area contributed by atoms with Gasteiger partial charge in [-0.2, -0.15) is 0 Å². The van der Waals surface area contributed by atoms with Gasteiger partial charge in [0, 0.05) is 41.3 Å². The number of amides is 1. The van der Waals surface area contributed by atoms with Crippen molar-refractivity contribution in [2.45, 2.75) is 43.0 Å². The highest BCUT2D eigenvalue weighted by Crippen LogP contribution is 2.38. The lowest BCUT2D eigenvalue weighted by Crippen LogP contribution is -2.72. The van der Waals surface area contributed by atoms with Gasteiger partial charge in [-0.1, -0.05) is 0 Å². The maximum Gasteiger partial charge on any atom is 0.220 e. The van der Waals surface area contributed by atoms with Gasteiger partial charge in [0.2, 0.25) is 5.91 Å². The van der Waals surface area contributed by atoms with Gasteiger partial charge in [0.25, 0.3) is 0 Å². The maximum atomic E-state index is 13.3. The molecule has 0 saturated carbocycles. The molecule has 1 spiro atoms. The molecule has 2 heterocycles. The van der Waals surface area contributed by atoms with Crippen molar-refractivity contribution in [3.63, 3.8) is 0 Å². The first-order valence-electron chi connectivity index (χ1n) is 10.4. The quantitative estimate of drug-likeness (QED) is 0.362. The van der Waals surface area contributed by atoms with Crippen LogP contribution in [0.4, 0.5) is 0 Å². The van der Waals surface area contributed by atoms with Crippen LogP contribution >= 0.6 is 0 Å². The van der Waals surface area contributed by atoms with Crippen molar-refractivity contribution in [2.75, 3.05) is 74.6 Å². The zero-order valence-electron chi connectivity index (χ0n) is 18.8. The standard InChI is InChI=1S/C20H35NO10/c1-24-7-10-28-16-17(29-11-8-25-2)19(27-4)31-20(18(16)30-12-9-26-3)13-21-15(23)6-5-14(20)22/h16-19H,5-13H2,1-4H3,(H,21,23)/t16-,17-,18+,19+,20+/m1/s1. The number of hydrogen-bond donors (Lipinski definition) is 1. The summed E-state index contributed by atoms with van der Waals surface area (Å²) in [5, 5.41) is 2.76. The molecule has 0 radical (unpaired) electrons. The van der Waals surface area contributed by atoms with Crippen molar-refractivity contribution in [1.29, 1.82) is 0 Å². The molecule has 2 aliphatic rings. The Labute approximate surface area is 182 Å². The van der Waals surface area contributed by atoms with E-state index in [1.165, 1.54) is 7.11 Å². The average Bonchev–Trinajstić information content (AvgIpc) is 2.91. The predicted octanol–water partition coefficient (Wildman–Crippen LogP) is -0.698. The SMILES string of the molecule is COCCO[C@@H]1[C@@H](OCCOC)[C@@H](OC)O[C@]2(CNC(=O)CCC2=O)[C@H]1OCCOC. The highest BCUT2D eigenvalue weighted by atomic mass is 16.7. The topological polar surface area (TPSA) is 120 Å². The van der Waals surface area contributed by atoms with Crippen LogP contribution < -0.4 is 5.32 Å². The van der Waals surface area contributed by atoms with E-state index < -0.39 is 30.2 Å². The molecule has 1 amide bonds. The van der Waals surface area contributed by atoms with Crippen molar-refractivity contribution < 1.29 is 47.5 Å². The Morgan fingerprint density at radius 1 is 0.839 bits per heavy atom. The van der Waals surface area contributed by atoms with Crippen LogP contribution in [0, 0.1) is 0 Å². The number of carbonyl (C=O) groups is 2. The first-order chi connectivity index (χ1) is 15.0. The maximum absolute atomic E-state index is 13.3. The number of nitrogens with one attached hydrogen (secondary N) is 1. The van der Waals surface area contributed by atoms with Crippen LogP contribution in [-0.4, -0.2) is 117 Å². The Balaban J connectivity index is 2.40. The van der Waals surface area contributed by atoms with Crippen LogP contribution in [0.1, 0.15) is 12.8 Å². The lowest BCUT2D eigenvalue weighted by molar-refractivity contribution is -0.335. The van der Waals surface area contributed by atoms with Crippen molar-refractivity contribution in [2.24, 2.45) is 0 Å². The molecule has 1 N–H and O–H groups in total. The van der Waals surface area contributed by atoms with Crippen LogP contribution in [0.2, 0.25) is 0 Å². The van der Waals surface area contributed by atoms with E-state index in [1.54, 1.807) is 21.3 Å². The number of carbonyl (C=O) groups excluding carboxylic acids is 2. The van der Waals surface area contributed by atoms with Gasteiger partial charge in [0.1, 0.15) is 18.3 Å². The Bertz CT molecular complexity index is 562. The van der Waals surface area contributed by atoms with Gasteiger partial charge in [-0.25, -0.2) is 0 Å². The van der Waals surface area contributed by atoms with Gasteiger partial charge >= 0.3 is 0 Å². The molecule has 11 heteroatoms. The molecule has 0 bridgehead atoms. The fraction of sp³-hybridized carbons (Fsp3) is 0.900. The summed E-state index contributed by atoms with van der Waals surface area (Å²) in [5.74, 6) is -0.486. The van der Waals surface area contributed by atoms with Crippen LogP contribution in [0.25, 0.3) is 0 Å². The minimum atomic E-state index is -1.49. The molecule has 0 aromatic heterocycles. The molecular formula is C20H35NO10. The summed E-state index contributed by atoms with van der Waals surface area (Å²) in [7, 11) is 6.15. The van der Waals surface area contributed by atoms with E-state index in [4.69, 9.17) is 37.9 Å². The molecule has 2 fully saturated rings. The van der Waals surface area contributed by atoms with Crippen LogP contribution in [0.15, 0.2) is 0 Å². The molecule has 2 rings (SSSR count). The number of methoxy groups -OCH3 is 4. The largest absolute Gasteiger partial charge is 0.382 e. The first kappa shape index (κ1) is 26.1. The van der Waals surface area contributed by atoms with E-state index in [-0.39, 0.29) is 50.9 Å². The van der Waals surface area contributed by atoms with Crippen molar-refractivity contribution in [3.8, 4) is 0 Å². The summed E-state index contributed by atoms with van der Waals surface area (Å²) in [6.45, 7) is 1.63. The molecule has 0 unspecified atom stereocenters. The number of rotatable bonds is 13. The Kier molecular flexibility index (Phi) is 11.3. The third-order valence-electron chi connectivity index (χ3n) is 5.29. The first-order valence-corrected chi connectivity index (χ1v) is 10.4. The highest BCUT2D eigenvalue weighted by molar-refractivity contribution is 5.94. The monoisotopic (exact) mass is 449 g/mol. The van der Waals surface area contributed by atoms with Crippen molar-refractivity contribution in [1.82, 2.24) is 5.32 Å². The summed E-state index contributed by atoms with van der Waals surface area (Å²) in [6, 6.07) is 0. The van der Waals surface area contributed by atoms with Crippen LogP contribution in [0.5, 0.6) is 0 Å². The molecule has 2 aliphatic heterocycles. The molecule has 180 valence electrons. The second kappa shape index (κ2) is 13.4. The van der Waals surface area contributed by atoms with Crippen LogP contribution in [-0.2, 0) is 47.5 Å². The third-order valence-corrected chi connectivity index (χ3v) is 5.29. The normalized spacial score (nSPS) is 31.6. The molecule has 0 aliphatic carbocycles. The third kappa shape index (κ3) is 6.65. The molecule has 0 aromatic carbocycles. The van der Waals surface area contributed by atoms with E-state index in [0.717, 1.165) is 0 Å². The molecule has 5 atom stereocenters. The van der Waals surface area contributed by atoms with E-state index in [1.807, 2.05) is 0 Å². The van der Waals surface area contributed by atoms with Gasteiger partial charge in [-0.15, -0.1) is 0 Å². The minimum Gasteiger partial charge on any atom is -0.382 e.